The third-order valence-electron chi connectivity index (χ3n) is 2.40. The van der Waals surface area contributed by atoms with Crippen LogP contribution in [0.5, 0.6) is 0 Å². The predicted molar refractivity (Wildman–Crippen MR) is 68.6 cm³/mol. The van der Waals surface area contributed by atoms with E-state index in [1.807, 2.05) is 0 Å². The lowest BCUT2D eigenvalue weighted by Crippen LogP contribution is -2.38. The number of carbonyl (C=O) groups is 1. The molecular formula is C12H12BNO5. The molecule has 0 aromatic heterocycles. The maximum absolute atomic E-state index is 10.7. The highest BCUT2D eigenvalue weighted by Crippen LogP contribution is 2.09. The van der Waals surface area contributed by atoms with Gasteiger partial charge < -0.3 is 24.4 Å². The average Bonchev–Trinajstić information content (AvgIpc) is 2.36. The van der Waals surface area contributed by atoms with E-state index in [1.165, 1.54) is 17.3 Å². The Bertz CT molecular complexity index is 521. The zero-order chi connectivity index (χ0) is 13.8. The quantitative estimate of drug-likeness (QED) is 0.607. The first-order valence-electron chi connectivity index (χ1n) is 5.50. The van der Waals surface area contributed by atoms with Gasteiger partial charge in [0.1, 0.15) is 6.29 Å². The number of nitrogens with zero attached hydrogens (tertiary/aromatic N) is 1. The molecule has 1 aromatic rings. The minimum Gasteiger partial charge on any atom is -0.494 e. The van der Waals surface area contributed by atoms with Crippen LogP contribution in [0.3, 0.4) is 0 Å². The molecule has 1 aliphatic heterocycles. The lowest BCUT2D eigenvalue weighted by Gasteiger charge is -2.20. The number of rotatable bonds is 2. The van der Waals surface area contributed by atoms with Crippen molar-refractivity contribution in [2.75, 3.05) is 7.05 Å². The minimum atomic E-state index is -1.04. The zero-order valence-electron chi connectivity index (χ0n) is 10.2. The van der Waals surface area contributed by atoms with E-state index in [1.54, 1.807) is 31.3 Å². The van der Waals surface area contributed by atoms with Crippen LogP contribution in [0, 0.1) is 0 Å². The Balaban J connectivity index is 2.30. The molecule has 6 nitrogen and oxygen atoms in total. The van der Waals surface area contributed by atoms with E-state index >= 15 is 0 Å². The van der Waals surface area contributed by atoms with Crippen molar-refractivity contribution in [2.24, 2.45) is 0 Å². The SMILES string of the molecule is CN1C=C(O)OB(c2cccc(C=O)c2)O/C(O)=C\1. The Hall–Kier alpha value is -2.57. The summed E-state index contributed by atoms with van der Waals surface area (Å²) in [5.74, 6) is -0.736. The van der Waals surface area contributed by atoms with E-state index < -0.39 is 7.12 Å². The first-order valence-corrected chi connectivity index (χ1v) is 5.50. The van der Waals surface area contributed by atoms with Crippen LogP contribution in [0.25, 0.3) is 0 Å². The summed E-state index contributed by atoms with van der Waals surface area (Å²) >= 11 is 0. The molecule has 98 valence electrons. The van der Waals surface area contributed by atoms with E-state index in [-0.39, 0.29) is 11.9 Å². The average molecular weight is 261 g/mol. The van der Waals surface area contributed by atoms with Crippen molar-refractivity contribution in [1.82, 2.24) is 4.90 Å². The molecule has 0 bridgehead atoms. The van der Waals surface area contributed by atoms with Gasteiger partial charge in [-0.15, -0.1) is 0 Å². The summed E-state index contributed by atoms with van der Waals surface area (Å²) in [6.45, 7) is 0. The molecule has 1 aromatic carbocycles. The molecule has 0 saturated heterocycles. The topological polar surface area (TPSA) is 79.2 Å². The second-order valence-corrected chi connectivity index (χ2v) is 3.96. The highest BCUT2D eigenvalue weighted by Gasteiger charge is 2.29. The molecular weight excluding hydrogens is 249 g/mol. The van der Waals surface area contributed by atoms with Gasteiger partial charge in [-0.3, -0.25) is 4.79 Å². The number of aliphatic hydroxyl groups excluding tert-OH is 2. The maximum Gasteiger partial charge on any atom is 0.636 e. The molecule has 7 heteroatoms. The van der Waals surface area contributed by atoms with Gasteiger partial charge in [0.2, 0.25) is 0 Å². The van der Waals surface area contributed by atoms with Gasteiger partial charge in [0.15, 0.2) is 0 Å². The Morgan fingerprint density at radius 3 is 2.42 bits per heavy atom. The van der Waals surface area contributed by atoms with Crippen molar-refractivity contribution in [1.29, 1.82) is 0 Å². The van der Waals surface area contributed by atoms with Gasteiger partial charge >= 0.3 is 7.12 Å². The second-order valence-electron chi connectivity index (χ2n) is 3.96. The second kappa shape index (κ2) is 5.39. The molecule has 0 amide bonds. The summed E-state index contributed by atoms with van der Waals surface area (Å²) in [6.07, 6.45) is 3.23. The van der Waals surface area contributed by atoms with Crippen LogP contribution in [0.2, 0.25) is 0 Å². The van der Waals surface area contributed by atoms with Crippen LogP contribution in [0.15, 0.2) is 48.6 Å². The molecule has 0 fully saturated rings. The van der Waals surface area contributed by atoms with Crippen LogP contribution >= 0.6 is 0 Å². The summed E-state index contributed by atoms with van der Waals surface area (Å²) in [5, 5.41) is 19.1. The lowest BCUT2D eigenvalue weighted by atomic mass is 9.78. The van der Waals surface area contributed by atoms with Crippen molar-refractivity contribution in [3.05, 3.63) is 54.1 Å². The van der Waals surface area contributed by atoms with Crippen molar-refractivity contribution in [3.63, 3.8) is 0 Å². The lowest BCUT2D eigenvalue weighted by molar-refractivity contribution is 0.112. The fourth-order valence-electron chi connectivity index (χ4n) is 1.60. The molecule has 0 atom stereocenters. The van der Waals surface area contributed by atoms with Crippen LogP contribution in [-0.4, -0.2) is 35.6 Å². The molecule has 0 saturated carbocycles. The van der Waals surface area contributed by atoms with Gasteiger partial charge in [0.05, 0.1) is 12.4 Å². The summed E-state index contributed by atoms with van der Waals surface area (Å²) in [5.41, 5.74) is 0.935. The van der Waals surface area contributed by atoms with E-state index in [0.29, 0.717) is 17.3 Å². The first kappa shape index (κ1) is 12.9. The van der Waals surface area contributed by atoms with Crippen molar-refractivity contribution < 1.29 is 24.3 Å². The van der Waals surface area contributed by atoms with Gasteiger partial charge in [0, 0.05) is 18.1 Å². The molecule has 2 N–H and O–H groups in total. The van der Waals surface area contributed by atoms with Crippen molar-refractivity contribution >= 4 is 18.9 Å². The van der Waals surface area contributed by atoms with Gasteiger partial charge in [0.25, 0.3) is 11.9 Å². The highest BCUT2D eigenvalue weighted by atomic mass is 16.7. The maximum atomic E-state index is 10.7. The molecule has 19 heavy (non-hydrogen) atoms. The largest absolute Gasteiger partial charge is 0.636 e. The van der Waals surface area contributed by atoms with Crippen LogP contribution < -0.4 is 5.46 Å². The van der Waals surface area contributed by atoms with Crippen molar-refractivity contribution in [2.45, 2.75) is 0 Å². The smallest absolute Gasteiger partial charge is 0.494 e. The van der Waals surface area contributed by atoms with Crippen molar-refractivity contribution in [3.8, 4) is 0 Å². The molecule has 1 aliphatic rings. The van der Waals surface area contributed by atoms with Gasteiger partial charge in [-0.1, -0.05) is 18.2 Å². The molecule has 2 rings (SSSR count). The third-order valence-corrected chi connectivity index (χ3v) is 2.40. The highest BCUT2D eigenvalue weighted by molar-refractivity contribution is 6.61. The first-order chi connectivity index (χ1) is 9.08. The predicted octanol–water partition coefficient (Wildman–Crippen LogP) is 0.887. The van der Waals surface area contributed by atoms with Gasteiger partial charge in [-0.25, -0.2) is 0 Å². The number of carbonyl (C=O) groups excluding carboxylic acids is 1. The fourth-order valence-corrected chi connectivity index (χ4v) is 1.60. The fraction of sp³-hybridized carbons (Fsp3) is 0.0833. The van der Waals surface area contributed by atoms with Gasteiger partial charge in [-0.2, -0.15) is 0 Å². The number of aldehydes is 1. The minimum absolute atomic E-state index is 0.368. The molecule has 0 aliphatic carbocycles. The Morgan fingerprint density at radius 1 is 1.21 bits per heavy atom. The number of benzene rings is 1. The van der Waals surface area contributed by atoms with E-state index in [4.69, 9.17) is 9.31 Å². The molecule has 0 spiro atoms. The third kappa shape index (κ3) is 3.22. The Kier molecular flexibility index (Phi) is 3.65. The van der Waals surface area contributed by atoms with E-state index in [9.17, 15) is 15.0 Å². The summed E-state index contributed by atoms with van der Waals surface area (Å²) in [4.78, 5) is 12.1. The van der Waals surface area contributed by atoms with Crippen LogP contribution in [0.1, 0.15) is 10.4 Å². The monoisotopic (exact) mass is 261 g/mol. The zero-order valence-corrected chi connectivity index (χ0v) is 10.2. The Morgan fingerprint density at radius 2 is 1.84 bits per heavy atom. The van der Waals surface area contributed by atoms with Crippen LogP contribution in [-0.2, 0) is 9.31 Å². The number of hydrogen-bond donors (Lipinski definition) is 2. The standard InChI is InChI=1S/C12H12BNO5/c1-14-6-11(16)18-13(19-12(17)7-14)10-4-2-3-9(5-10)8-15/h2-8,16-17H,1H3/b11-6-,12-7?. The normalized spacial score (nSPS) is 18.2. The van der Waals surface area contributed by atoms with E-state index in [0.717, 1.165) is 0 Å². The van der Waals surface area contributed by atoms with Crippen LogP contribution in [0.4, 0.5) is 0 Å². The summed E-state index contributed by atoms with van der Waals surface area (Å²) < 4.78 is 10.3. The molecule has 0 unspecified atom stereocenters. The molecule has 1 heterocycles. The van der Waals surface area contributed by atoms with E-state index in [2.05, 4.69) is 0 Å². The summed E-state index contributed by atoms with van der Waals surface area (Å²) in [6, 6.07) is 6.48. The molecule has 0 radical (unpaired) electrons. The Labute approximate surface area is 110 Å². The number of aliphatic hydroxyl groups is 2. The van der Waals surface area contributed by atoms with Gasteiger partial charge in [-0.05, 0) is 6.07 Å². The summed E-state index contributed by atoms with van der Waals surface area (Å²) in [7, 11) is 0.549. The number of hydrogen-bond acceptors (Lipinski definition) is 6.